The van der Waals surface area contributed by atoms with Gasteiger partial charge in [0.2, 0.25) is 0 Å². The Bertz CT molecular complexity index is 1040. The van der Waals surface area contributed by atoms with E-state index in [1.54, 1.807) is 24.5 Å². The molecule has 0 bridgehead atoms. The number of phenolic OH excluding ortho intramolecular Hbond substituents is 1. The largest absolute Gasteiger partial charge is 0.508 e. The molecule has 3 aromatic heterocycles. The quantitative estimate of drug-likeness (QED) is 0.526. The highest BCUT2D eigenvalue weighted by atomic mass is 16.3. The van der Waals surface area contributed by atoms with Gasteiger partial charge in [-0.1, -0.05) is 6.07 Å². The van der Waals surface area contributed by atoms with Crippen molar-refractivity contribution in [3.63, 3.8) is 0 Å². The smallest absolute Gasteiger partial charge is 0.184 e. The normalized spacial score (nSPS) is 11.0. The minimum Gasteiger partial charge on any atom is -0.508 e. The molecule has 0 saturated carbocycles. The van der Waals surface area contributed by atoms with Gasteiger partial charge in [0.15, 0.2) is 5.65 Å². The van der Waals surface area contributed by atoms with Crippen molar-refractivity contribution in [1.82, 2.24) is 20.2 Å². The van der Waals surface area contributed by atoms with Gasteiger partial charge < -0.3 is 10.8 Å². The van der Waals surface area contributed by atoms with Crippen LogP contribution in [0, 0.1) is 6.92 Å². The summed E-state index contributed by atoms with van der Waals surface area (Å²) in [6.07, 6.45) is 3.44. The average molecular weight is 317 g/mol. The van der Waals surface area contributed by atoms with Gasteiger partial charge in [0.25, 0.3) is 0 Å². The highest BCUT2D eigenvalue weighted by molar-refractivity contribution is 6.02. The van der Waals surface area contributed by atoms with Crippen LogP contribution in [0.15, 0.2) is 48.8 Å². The maximum Gasteiger partial charge on any atom is 0.184 e. The Balaban J connectivity index is 2.06. The zero-order chi connectivity index (χ0) is 16.7. The molecular weight excluding hydrogens is 302 g/mol. The molecule has 0 radical (unpaired) electrons. The van der Waals surface area contributed by atoms with E-state index in [4.69, 9.17) is 5.73 Å². The molecule has 24 heavy (non-hydrogen) atoms. The predicted octanol–water partition coefficient (Wildman–Crippen LogP) is 3.28. The zero-order valence-electron chi connectivity index (χ0n) is 13.0. The summed E-state index contributed by atoms with van der Waals surface area (Å²) in [6, 6.07) is 11.0. The third-order valence-electron chi connectivity index (χ3n) is 4.04. The number of nitrogens with two attached hydrogens (primary N) is 1. The molecule has 118 valence electrons. The molecule has 1 aromatic carbocycles. The summed E-state index contributed by atoms with van der Waals surface area (Å²) < 4.78 is 0. The van der Waals surface area contributed by atoms with Crippen LogP contribution in [0.3, 0.4) is 0 Å². The van der Waals surface area contributed by atoms with Gasteiger partial charge in [-0.15, -0.1) is 0 Å². The van der Waals surface area contributed by atoms with E-state index in [9.17, 15) is 5.11 Å². The van der Waals surface area contributed by atoms with Crippen molar-refractivity contribution in [3.05, 3.63) is 54.4 Å². The van der Waals surface area contributed by atoms with Crippen LogP contribution in [0.1, 0.15) is 5.56 Å². The molecule has 0 atom stereocenters. The number of phenols is 1. The molecule has 4 rings (SSSR count). The van der Waals surface area contributed by atoms with Gasteiger partial charge >= 0.3 is 0 Å². The summed E-state index contributed by atoms with van der Waals surface area (Å²) in [7, 11) is 0. The van der Waals surface area contributed by atoms with E-state index in [1.807, 2.05) is 31.2 Å². The predicted molar refractivity (Wildman–Crippen MR) is 93.4 cm³/mol. The Labute approximate surface area is 138 Å². The van der Waals surface area contributed by atoms with Crippen LogP contribution < -0.4 is 5.73 Å². The van der Waals surface area contributed by atoms with E-state index in [2.05, 4.69) is 20.2 Å². The molecule has 0 aliphatic carbocycles. The number of hydrogen-bond donors (Lipinski definition) is 3. The summed E-state index contributed by atoms with van der Waals surface area (Å²) in [6.45, 7) is 1.99. The number of aromatic nitrogens is 4. The summed E-state index contributed by atoms with van der Waals surface area (Å²) >= 11 is 0. The second-order valence-electron chi connectivity index (χ2n) is 5.63. The fourth-order valence-electron chi connectivity index (χ4n) is 2.83. The van der Waals surface area contributed by atoms with Crippen molar-refractivity contribution in [2.45, 2.75) is 6.92 Å². The van der Waals surface area contributed by atoms with Crippen molar-refractivity contribution in [2.24, 2.45) is 0 Å². The number of nitrogens with one attached hydrogen (secondary N) is 1. The zero-order valence-corrected chi connectivity index (χ0v) is 13.0. The van der Waals surface area contributed by atoms with E-state index in [-0.39, 0.29) is 5.75 Å². The van der Waals surface area contributed by atoms with E-state index < -0.39 is 0 Å². The average Bonchev–Trinajstić information content (AvgIpc) is 2.98. The summed E-state index contributed by atoms with van der Waals surface area (Å²) in [5, 5.41) is 17.6. The van der Waals surface area contributed by atoms with E-state index in [0.29, 0.717) is 11.5 Å². The molecule has 4 N–H and O–H groups in total. The lowest BCUT2D eigenvalue weighted by molar-refractivity contribution is 0.475. The van der Waals surface area contributed by atoms with Crippen LogP contribution in [-0.4, -0.2) is 25.3 Å². The van der Waals surface area contributed by atoms with Crippen molar-refractivity contribution in [2.75, 3.05) is 5.73 Å². The lowest BCUT2D eigenvalue weighted by atomic mass is 9.96. The minimum atomic E-state index is 0.202. The monoisotopic (exact) mass is 317 g/mol. The molecule has 3 heterocycles. The molecule has 0 amide bonds. The summed E-state index contributed by atoms with van der Waals surface area (Å²) in [4.78, 5) is 8.63. The molecule has 6 nitrogen and oxygen atoms in total. The van der Waals surface area contributed by atoms with Gasteiger partial charge in [-0.3, -0.25) is 10.1 Å². The fraction of sp³-hybridized carbons (Fsp3) is 0.0556. The van der Waals surface area contributed by atoms with Crippen LogP contribution in [-0.2, 0) is 0 Å². The lowest BCUT2D eigenvalue weighted by Crippen LogP contribution is -1.92. The number of pyridine rings is 2. The molecule has 0 unspecified atom stereocenters. The molecule has 4 aromatic rings. The first-order valence-electron chi connectivity index (χ1n) is 7.48. The number of aryl methyl sites for hydroxylation is 1. The molecule has 0 saturated heterocycles. The minimum absolute atomic E-state index is 0.202. The summed E-state index contributed by atoms with van der Waals surface area (Å²) in [5.41, 5.74) is 11.1. The van der Waals surface area contributed by atoms with Crippen LogP contribution in [0.2, 0.25) is 0 Å². The maximum absolute atomic E-state index is 9.90. The number of H-pyrrole nitrogens is 1. The lowest BCUT2D eigenvalue weighted by Gasteiger charge is -2.10. The van der Waals surface area contributed by atoms with Crippen molar-refractivity contribution < 1.29 is 5.11 Å². The number of hydrogen-bond acceptors (Lipinski definition) is 5. The maximum atomic E-state index is 9.90. The number of benzene rings is 1. The Morgan fingerprint density at radius 1 is 1.04 bits per heavy atom. The van der Waals surface area contributed by atoms with Gasteiger partial charge in [-0.05, 0) is 53.9 Å². The highest BCUT2D eigenvalue weighted by Gasteiger charge is 2.16. The third kappa shape index (κ3) is 2.25. The van der Waals surface area contributed by atoms with Crippen LogP contribution in [0.4, 0.5) is 5.82 Å². The Hall–Kier alpha value is -3.41. The number of fused-ring (bicyclic) bond motifs is 1. The number of aromatic hydroxyl groups is 1. The molecule has 0 aliphatic heterocycles. The van der Waals surface area contributed by atoms with E-state index in [1.165, 1.54) is 0 Å². The van der Waals surface area contributed by atoms with Gasteiger partial charge in [0, 0.05) is 18.0 Å². The molecular formula is C18H15N5O. The molecule has 6 heteroatoms. The molecule has 0 aliphatic rings. The highest BCUT2D eigenvalue weighted by Crippen LogP contribution is 2.36. The number of aromatic amines is 1. The van der Waals surface area contributed by atoms with Crippen LogP contribution in [0.25, 0.3) is 33.4 Å². The van der Waals surface area contributed by atoms with Gasteiger partial charge in [-0.2, -0.15) is 5.10 Å². The standard InChI is InChI=1S/C18H15N5O/c1-10-2-3-12(24)8-13(10)14-9-15(11-4-6-20-7-5-11)21-18-16(14)17(19)22-23-18/h2-9,24H,1H3,(H3,19,21,22,23). The number of anilines is 1. The van der Waals surface area contributed by atoms with Crippen LogP contribution >= 0.6 is 0 Å². The van der Waals surface area contributed by atoms with E-state index >= 15 is 0 Å². The van der Waals surface area contributed by atoms with Crippen molar-refractivity contribution >= 4 is 16.9 Å². The SMILES string of the molecule is Cc1ccc(O)cc1-c1cc(-c2ccncc2)nc2n[nH]c(N)c12. The Morgan fingerprint density at radius 3 is 2.62 bits per heavy atom. The van der Waals surface area contributed by atoms with Gasteiger partial charge in [0.1, 0.15) is 11.6 Å². The van der Waals surface area contributed by atoms with Gasteiger partial charge in [0.05, 0.1) is 11.1 Å². The van der Waals surface area contributed by atoms with Gasteiger partial charge in [-0.25, -0.2) is 4.98 Å². The number of nitrogens with zero attached hydrogens (tertiary/aromatic N) is 3. The summed E-state index contributed by atoms with van der Waals surface area (Å²) in [5.74, 6) is 0.657. The fourth-order valence-corrected chi connectivity index (χ4v) is 2.83. The second kappa shape index (κ2) is 5.34. The van der Waals surface area contributed by atoms with Crippen molar-refractivity contribution in [3.8, 4) is 28.1 Å². The number of nitrogen functional groups attached to an aromatic ring is 1. The Morgan fingerprint density at radius 2 is 1.83 bits per heavy atom. The topological polar surface area (TPSA) is 101 Å². The Kier molecular flexibility index (Phi) is 3.16. The van der Waals surface area contributed by atoms with E-state index in [0.717, 1.165) is 33.3 Å². The first-order valence-corrected chi connectivity index (χ1v) is 7.48. The van der Waals surface area contributed by atoms with Crippen LogP contribution in [0.5, 0.6) is 5.75 Å². The number of rotatable bonds is 2. The third-order valence-corrected chi connectivity index (χ3v) is 4.04. The molecule has 0 fully saturated rings. The second-order valence-corrected chi connectivity index (χ2v) is 5.63. The first kappa shape index (κ1) is 14.2. The first-order chi connectivity index (χ1) is 11.6. The van der Waals surface area contributed by atoms with Crippen molar-refractivity contribution in [1.29, 1.82) is 0 Å². The molecule has 0 spiro atoms.